The van der Waals surface area contributed by atoms with E-state index in [0.29, 0.717) is 13.2 Å². The Morgan fingerprint density at radius 2 is 2.36 bits per heavy atom. The number of nitrogens with one attached hydrogen (secondary N) is 1. The summed E-state index contributed by atoms with van der Waals surface area (Å²) >= 11 is 0. The van der Waals surface area contributed by atoms with Gasteiger partial charge in [0.1, 0.15) is 0 Å². The summed E-state index contributed by atoms with van der Waals surface area (Å²) in [4.78, 5) is 10.9. The van der Waals surface area contributed by atoms with Gasteiger partial charge in [0.25, 0.3) is 0 Å². The van der Waals surface area contributed by atoms with Crippen molar-refractivity contribution in [3.63, 3.8) is 0 Å². The molecule has 0 fully saturated rings. The van der Waals surface area contributed by atoms with E-state index in [-0.39, 0.29) is 18.4 Å². The van der Waals surface area contributed by atoms with Crippen molar-refractivity contribution in [1.82, 2.24) is 5.32 Å². The molecule has 2 atom stereocenters. The van der Waals surface area contributed by atoms with E-state index in [1.807, 2.05) is 6.92 Å². The molecule has 14 heavy (non-hydrogen) atoms. The third kappa shape index (κ3) is 6.62. The minimum Gasteiger partial charge on any atom is -0.466 e. The molecular formula is C10H19NO3. The average Bonchev–Trinajstić information content (AvgIpc) is 2.14. The van der Waals surface area contributed by atoms with Crippen LogP contribution in [0.5, 0.6) is 0 Å². The number of aliphatic hydroxyl groups excluding tert-OH is 1. The zero-order valence-electron chi connectivity index (χ0n) is 8.82. The van der Waals surface area contributed by atoms with Crippen LogP contribution in [0.1, 0.15) is 20.3 Å². The third-order valence-corrected chi connectivity index (χ3v) is 1.74. The van der Waals surface area contributed by atoms with Gasteiger partial charge in [-0.2, -0.15) is 0 Å². The van der Waals surface area contributed by atoms with Gasteiger partial charge in [0.05, 0.1) is 19.1 Å². The lowest BCUT2D eigenvalue weighted by Crippen LogP contribution is -2.33. The SMILES string of the molecule is C=CC(C)NCC(O)CC(=O)OCC. The molecule has 82 valence electrons. The quantitative estimate of drug-likeness (QED) is 0.464. The molecule has 0 amide bonds. The van der Waals surface area contributed by atoms with Crippen LogP contribution in [0, 0.1) is 0 Å². The van der Waals surface area contributed by atoms with Gasteiger partial charge >= 0.3 is 5.97 Å². The van der Waals surface area contributed by atoms with E-state index in [1.165, 1.54) is 0 Å². The Hall–Kier alpha value is -0.870. The summed E-state index contributed by atoms with van der Waals surface area (Å²) in [6.07, 6.45) is 1.07. The van der Waals surface area contributed by atoms with Crippen LogP contribution in [-0.2, 0) is 9.53 Å². The smallest absolute Gasteiger partial charge is 0.308 e. The number of rotatable bonds is 7. The van der Waals surface area contributed by atoms with Crippen molar-refractivity contribution in [2.24, 2.45) is 0 Å². The van der Waals surface area contributed by atoms with Crippen LogP contribution < -0.4 is 5.32 Å². The second-order valence-electron chi connectivity index (χ2n) is 3.10. The monoisotopic (exact) mass is 201 g/mol. The van der Waals surface area contributed by atoms with Crippen molar-refractivity contribution < 1.29 is 14.6 Å². The van der Waals surface area contributed by atoms with Crippen LogP contribution >= 0.6 is 0 Å². The van der Waals surface area contributed by atoms with Crippen LogP contribution in [0.3, 0.4) is 0 Å². The topological polar surface area (TPSA) is 58.6 Å². The van der Waals surface area contributed by atoms with Gasteiger partial charge in [-0.15, -0.1) is 6.58 Å². The van der Waals surface area contributed by atoms with Crippen LogP contribution in [0.25, 0.3) is 0 Å². The fourth-order valence-corrected chi connectivity index (χ4v) is 0.890. The first-order valence-corrected chi connectivity index (χ1v) is 4.79. The van der Waals surface area contributed by atoms with Gasteiger partial charge < -0.3 is 15.2 Å². The molecule has 0 saturated carbocycles. The summed E-state index contributed by atoms with van der Waals surface area (Å²) in [6, 6.07) is 0.131. The molecular weight excluding hydrogens is 182 g/mol. The molecule has 0 rings (SSSR count). The molecule has 0 aliphatic heterocycles. The molecule has 0 spiro atoms. The summed E-state index contributed by atoms with van der Waals surface area (Å²) in [5.74, 6) is -0.368. The number of carbonyl (C=O) groups is 1. The Balaban J connectivity index is 3.59. The summed E-state index contributed by atoms with van der Waals surface area (Å²) in [5, 5.41) is 12.4. The second kappa shape index (κ2) is 7.53. The maximum atomic E-state index is 10.9. The number of carbonyl (C=O) groups excluding carboxylic acids is 1. The van der Waals surface area contributed by atoms with Crippen molar-refractivity contribution in [1.29, 1.82) is 0 Å². The van der Waals surface area contributed by atoms with Gasteiger partial charge in [0, 0.05) is 12.6 Å². The third-order valence-electron chi connectivity index (χ3n) is 1.74. The van der Waals surface area contributed by atoms with E-state index in [0.717, 1.165) is 0 Å². The van der Waals surface area contributed by atoms with Crippen molar-refractivity contribution >= 4 is 5.97 Å². The number of hydrogen-bond acceptors (Lipinski definition) is 4. The maximum Gasteiger partial charge on any atom is 0.308 e. The fraction of sp³-hybridized carbons (Fsp3) is 0.700. The summed E-state index contributed by atoms with van der Waals surface area (Å²) < 4.78 is 4.70. The van der Waals surface area contributed by atoms with Gasteiger partial charge in [-0.1, -0.05) is 6.08 Å². The highest BCUT2D eigenvalue weighted by Gasteiger charge is 2.11. The lowest BCUT2D eigenvalue weighted by Gasteiger charge is -2.13. The summed E-state index contributed by atoms with van der Waals surface area (Å²) in [7, 11) is 0. The van der Waals surface area contributed by atoms with Gasteiger partial charge in [-0.05, 0) is 13.8 Å². The molecule has 2 N–H and O–H groups in total. The van der Waals surface area contributed by atoms with Gasteiger partial charge in [0.15, 0.2) is 0 Å². The van der Waals surface area contributed by atoms with E-state index in [4.69, 9.17) is 4.74 Å². The highest BCUT2D eigenvalue weighted by molar-refractivity contribution is 5.69. The number of esters is 1. The summed E-state index contributed by atoms with van der Waals surface area (Å²) in [5.41, 5.74) is 0. The minimum atomic E-state index is -0.698. The van der Waals surface area contributed by atoms with E-state index in [2.05, 4.69) is 11.9 Å². The van der Waals surface area contributed by atoms with E-state index in [1.54, 1.807) is 13.0 Å². The molecule has 4 heteroatoms. The molecule has 0 aliphatic rings. The van der Waals surface area contributed by atoms with E-state index in [9.17, 15) is 9.90 Å². The van der Waals surface area contributed by atoms with Crippen molar-refractivity contribution in [3.8, 4) is 0 Å². The fourth-order valence-electron chi connectivity index (χ4n) is 0.890. The molecule has 0 radical (unpaired) electrons. The Labute approximate surface area is 85.0 Å². The average molecular weight is 201 g/mol. The van der Waals surface area contributed by atoms with Crippen LogP contribution in [-0.4, -0.2) is 36.4 Å². The summed E-state index contributed by atoms with van der Waals surface area (Å²) in [6.45, 7) is 7.97. The maximum absolute atomic E-state index is 10.9. The zero-order valence-corrected chi connectivity index (χ0v) is 8.82. The number of hydrogen-bond donors (Lipinski definition) is 2. The first-order valence-electron chi connectivity index (χ1n) is 4.79. The zero-order chi connectivity index (χ0) is 11.0. The second-order valence-corrected chi connectivity index (χ2v) is 3.10. The molecule has 0 saturated heterocycles. The molecule has 2 unspecified atom stereocenters. The normalized spacial score (nSPS) is 14.5. The standard InChI is InChI=1S/C10H19NO3/c1-4-8(3)11-7-9(12)6-10(13)14-5-2/h4,8-9,11-12H,1,5-7H2,2-3H3. The number of ether oxygens (including phenoxy) is 1. The first kappa shape index (κ1) is 13.1. The molecule has 0 aromatic rings. The van der Waals surface area contributed by atoms with Gasteiger partial charge in [-0.3, -0.25) is 4.79 Å². The molecule has 0 aromatic carbocycles. The Kier molecular flexibility index (Phi) is 7.06. The van der Waals surface area contributed by atoms with E-state index < -0.39 is 6.10 Å². The highest BCUT2D eigenvalue weighted by Crippen LogP contribution is 1.94. The Morgan fingerprint density at radius 1 is 1.71 bits per heavy atom. The Bertz CT molecular complexity index is 182. The van der Waals surface area contributed by atoms with Crippen molar-refractivity contribution in [2.75, 3.05) is 13.2 Å². The Morgan fingerprint density at radius 3 is 2.86 bits per heavy atom. The lowest BCUT2D eigenvalue weighted by molar-refractivity contribution is -0.145. The van der Waals surface area contributed by atoms with Gasteiger partial charge in [0.2, 0.25) is 0 Å². The minimum absolute atomic E-state index is 0.0324. The largest absolute Gasteiger partial charge is 0.466 e. The van der Waals surface area contributed by atoms with Crippen LogP contribution in [0.2, 0.25) is 0 Å². The predicted octanol–water partition coefficient (Wildman–Crippen LogP) is 0.465. The van der Waals surface area contributed by atoms with Gasteiger partial charge in [-0.25, -0.2) is 0 Å². The molecule has 0 aromatic heterocycles. The predicted molar refractivity (Wildman–Crippen MR) is 54.9 cm³/mol. The molecule has 0 aliphatic carbocycles. The number of aliphatic hydroxyl groups is 1. The molecule has 0 heterocycles. The highest BCUT2D eigenvalue weighted by atomic mass is 16.5. The first-order chi connectivity index (χ1) is 6.60. The van der Waals surface area contributed by atoms with Crippen LogP contribution in [0.4, 0.5) is 0 Å². The van der Waals surface area contributed by atoms with Crippen LogP contribution in [0.15, 0.2) is 12.7 Å². The van der Waals surface area contributed by atoms with Crippen molar-refractivity contribution in [2.45, 2.75) is 32.4 Å². The lowest BCUT2D eigenvalue weighted by atomic mass is 10.2. The van der Waals surface area contributed by atoms with Crippen molar-refractivity contribution in [3.05, 3.63) is 12.7 Å². The molecule has 4 nitrogen and oxygen atoms in total. The molecule has 0 bridgehead atoms. The van der Waals surface area contributed by atoms with E-state index >= 15 is 0 Å².